The molecule has 14 heavy (non-hydrogen) atoms. The Morgan fingerprint density at radius 3 is 3.00 bits per heavy atom. The first-order valence-corrected chi connectivity index (χ1v) is 4.49. The number of nitrogens with one attached hydrogen (secondary N) is 2. The van der Waals surface area contributed by atoms with E-state index in [-0.39, 0.29) is 0 Å². The lowest BCUT2D eigenvalue weighted by atomic mass is 10.0. The highest BCUT2D eigenvalue weighted by atomic mass is 32.1. The Hall–Kier alpha value is -1.62. The van der Waals surface area contributed by atoms with Crippen molar-refractivity contribution in [2.45, 2.75) is 6.54 Å². The molecule has 1 aromatic rings. The number of carboxylic acid groups (broad SMARTS) is 1. The van der Waals surface area contributed by atoms with Gasteiger partial charge in [0.15, 0.2) is 5.11 Å². The average molecular weight is 208 g/mol. The molecule has 4 nitrogen and oxygen atoms in total. The van der Waals surface area contributed by atoms with E-state index in [1.165, 1.54) is 0 Å². The van der Waals surface area contributed by atoms with Crippen LogP contribution < -0.4 is 10.6 Å². The Kier molecular flexibility index (Phi) is 2.09. The zero-order chi connectivity index (χ0) is 10.1. The number of thiocarbonyl (C=S) groups is 1. The summed E-state index contributed by atoms with van der Waals surface area (Å²) in [7, 11) is 0. The van der Waals surface area contributed by atoms with Crippen LogP contribution in [-0.4, -0.2) is 16.2 Å². The van der Waals surface area contributed by atoms with Crippen LogP contribution in [0, 0.1) is 0 Å². The van der Waals surface area contributed by atoms with Gasteiger partial charge in [-0.15, -0.1) is 0 Å². The van der Waals surface area contributed by atoms with E-state index in [1.54, 1.807) is 12.1 Å². The third kappa shape index (κ3) is 1.42. The van der Waals surface area contributed by atoms with Crippen LogP contribution in [0.25, 0.3) is 0 Å². The van der Waals surface area contributed by atoms with Crippen LogP contribution in [0.4, 0.5) is 5.69 Å². The maximum absolute atomic E-state index is 10.9. The van der Waals surface area contributed by atoms with E-state index in [1.807, 2.05) is 6.07 Å². The van der Waals surface area contributed by atoms with Crippen LogP contribution in [0.1, 0.15) is 15.9 Å². The standard InChI is InChI=1S/C9H8N2O2S/c12-8(13)5-2-1-3-7-6(5)4-10-9(14)11-7/h1-3H,4H2,(H,12,13)(H2,10,11,14). The molecule has 0 unspecified atom stereocenters. The first-order valence-electron chi connectivity index (χ1n) is 4.08. The lowest BCUT2D eigenvalue weighted by molar-refractivity contribution is 0.0695. The van der Waals surface area contributed by atoms with Crippen molar-refractivity contribution in [2.24, 2.45) is 0 Å². The Morgan fingerprint density at radius 2 is 2.29 bits per heavy atom. The summed E-state index contributed by atoms with van der Waals surface area (Å²) in [5.74, 6) is -0.918. The second-order valence-electron chi connectivity index (χ2n) is 2.94. The molecule has 0 radical (unpaired) electrons. The van der Waals surface area contributed by atoms with Crippen molar-refractivity contribution < 1.29 is 9.90 Å². The van der Waals surface area contributed by atoms with E-state index < -0.39 is 5.97 Å². The second-order valence-corrected chi connectivity index (χ2v) is 3.35. The van der Waals surface area contributed by atoms with E-state index in [9.17, 15) is 4.79 Å². The summed E-state index contributed by atoms with van der Waals surface area (Å²) in [5, 5.41) is 15.2. The average Bonchev–Trinajstić information content (AvgIpc) is 2.16. The van der Waals surface area contributed by atoms with Crippen LogP contribution in [-0.2, 0) is 6.54 Å². The highest BCUT2D eigenvalue weighted by molar-refractivity contribution is 7.80. The summed E-state index contributed by atoms with van der Waals surface area (Å²) in [5.41, 5.74) is 1.83. The van der Waals surface area contributed by atoms with E-state index in [4.69, 9.17) is 17.3 Å². The molecular formula is C9H8N2O2S. The minimum absolute atomic E-state index is 0.310. The third-order valence-electron chi connectivity index (χ3n) is 2.08. The summed E-state index contributed by atoms with van der Waals surface area (Å²) in [6.45, 7) is 0.462. The van der Waals surface area contributed by atoms with Gasteiger partial charge in [0.25, 0.3) is 0 Å². The first kappa shape index (κ1) is 8.96. The Bertz CT molecular complexity index is 417. The zero-order valence-electron chi connectivity index (χ0n) is 7.20. The molecule has 0 saturated heterocycles. The van der Waals surface area contributed by atoms with Gasteiger partial charge in [0.1, 0.15) is 0 Å². The summed E-state index contributed by atoms with van der Waals surface area (Å²) < 4.78 is 0. The summed E-state index contributed by atoms with van der Waals surface area (Å²) in [6, 6.07) is 5.09. The van der Waals surface area contributed by atoms with Crippen molar-refractivity contribution in [2.75, 3.05) is 5.32 Å². The molecule has 1 aliphatic heterocycles. The van der Waals surface area contributed by atoms with Gasteiger partial charge in [0.2, 0.25) is 0 Å². The normalized spacial score (nSPS) is 13.9. The number of anilines is 1. The minimum atomic E-state index is -0.918. The number of hydrogen-bond acceptors (Lipinski definition) is 2. The van der Waals surface area contributed by atoms with Gasteiger partial charge >= 0.3 is 5.97 Å². The monoisotopic (exact) mass is 208 g/mol. The van der Waals surface area contributed by atoms with Gasteiger partial charge < -0.3 is 15.7 Å². The molecule has 2 rings (SSSR count). The topological polar surface area (TPSA) is 61.4 Å². The molecular weight excluding hydrogens is 200 g/mol. The van der Waals surface area contributed by atoms with Gasteiger partial charge in [-0.25, -0.2) is 4.79 Å². The van der Waals surface area contributed by atoms with E-state index in [0.29, 0.717) is 17.2 Å². The van der Waals surface area contributed by atoms with Crippen molar-refractivity contribution in [3.63, 3.8) is 0 Å². The predicted molar refractivity (Wildman–Crippen MR) is 56.5 cm³/mol. The maximum Gasteiger partial charge on any atom is 0.336 e. The fourth-order valence-electron chi connectivity index (χ4n) is 1.43. The third-order valence-corrected chi connectivity index (χ3v) is 2.33. The summed E-state index contributed by atoms with van der Waals surface area (Å²) >= 11 is 4.92. The molecule has 0 aromatic heterocycles. The Balaban J connectivity index is 2.52. The number of fused-ring (bicyclic) bond motifs is 1. The molecule has 1 aliphatic rings. The largest absolute Gasteiger partial charge is 0.478 e. The van der Waals surface area contributed by atoms with Gasteiger partial charge in [0.05, 0.1) is 5.56 Å². The fraction of sp³-hybridized carbons (Fsp3) is 0.111. The van der Waals surface area contributed by atoms with Gasteiger partial charge in [-0.1, -0.05) is 6.07 Å². The number of benzene rings is 1. The predicted octanol–water partition coefficient (Wildman–Crippen LogP) is 1.18. The SMILES string of the molecule is O=C(O)c1cccc2c1CNC(=S)N2. The van der Waals surface area contributed by atoms with Crippen LogP contribution >= 0.6 is 12.2 Å². The quantitative estimate of drug-likeness (QED) is 0.605. The fourth-order valence-corrected chi connectivity index (χ4v) is 1.61. The van der Waals surface area contributed by atoms with Crippen molar-refractivity contribution in [3.05, 3.63) is 29.3 Å². The number of hydrogen-bond donors (Lipinski definition) is 3. The number of aromatic carboxylic acids is 1. The molecule has 0 atom stereocenters. The summed E-state index contributed by atoms with van der Waals surface area (Å²) in [4.78, 5) is 10.9. The van der Waals surface area contributed by atoms with Crippen LogP contribution in [0.2, 0.25) is 0 Å². The molecule has 72 valence electrons. The molecule has 0 bridgehead atoms. The number of carbonyl (C=O) groups is 1. The molecule has 0 aliphatic carbocycles. The Morgan fingerprint density at radius 1 is 1.50 bits per heavy atom. The lowest BCUT2D eigenvalue weighted by Gasteiger charge is -2.21. The van der Waals surface area contributed by atoms with Gasteiger partial charge in [-0.05, 0) is 24.4 Å². The number of rotatable bonds is 1. The second kappa shape index (κ2) is 3.26. The molecule has 0 spiro atoms. The van der Waals surface area contributed by atoms with Gasteiger partial charge in [-0.3, -0.25) is 0 Å². The molecule has 5 heteroatoms. The van der Waals surface area contributed by atoms with Crippen molar-refractivity contribution >= 4 is 29.0 Å². The molecule has 1 heterocycles. The van der Waals surface area contributed by atoms with Gasteiger partial charge in [-0.2, -0.15) is 0 Å². The highest BCUT2D eigenvalue weighted by Gasteiger charge is 2.17. The first-order chi connectivity index (χ1) is 6.68. The van der Waals surface area contributed by atoms with Crippen molar-refractivity contribution in [1.29, 1.82) is 0 Å². The maximum atomic E-state index is 10.9. The highest BCUT2D eigenvalue weighted by Crippen LogP contribution is 2.22. The van der Waals surface area contributed by atoms with Gasteiger partial charge in [0, 0.05) is 17.8 Å². The molecule has 1 aromatic carbocycles. The molecule has 0 fully saturated rings. The molecule has 0 amide bonds. The van der Waals surface area contributed by atoms with Crippen LogP contribution in [0.5, 0.6) is 0 Å². The smallest absolute Gasteiger partial charge is 0.336 e. The van der Waals surface area contributed by atoms with Crippen LogP contribution in [0.3, 0.4) is 0 Å². The molecule has 3 N–H and O–H groups in total. The lowest BCUT2D eigenvalue weighted by Crippen LogP contribution is -2.34. The van der Waals surface area contributed by atoms with Crippen molar-refractivity contribution in [3.8, 4) is 0 Å². The van der Waals surface area contributed by atoms with E-state index >= 15 is 0 Å². The number of carboxylic acids is 1. The van der Waals surface area contributed by atoms with Crippen molar-refractivity contribution in [1.82, 2.24) is 5.32 Å². The minimum Gasteiger partial charge on any atom is -0.478 e. The van der Waals surface area contributed by atoms with E-state index in [2.05, 4.69) is 10.6 Å². The Labute approximate surface area is 85.9 Å². The van der Waals surface area contributed by atoms with E-state index in [0.717, 1.165) is 11.3 Å². The molecule has 0 saturated carbocycles. The van der Waals surface area contributed by atoms with Crippen LogP contribution in [0.15, 0.2) is 18.2 Å². The summed E-state index contributed by atoms with van der Waals surface area (Å²) in [6.07, 6.45) is 0. The zero-order valence-corrected chi connectivity index (χ0v) is 8.02.